The average molecular weight is 285 g/mol. The highest BCUT2D eigenvalue weighted by Gasteiger charge is 2.08. The van der Waals surface area contributed by atoms with Gasteiger partial charge in [0.1, 0.15) is 17.3 Å². The highest BCUT2D eigenvalue weighted by molar-refractivity contribution is 7.71. The van der Waals surface area contributed by atoms with Gasteiger partial charge in [-0.05, 0) is 31.3 Å². The lowest BCUT2D eigenvalue weighted by Crippen LogP contribution is -2.06. The van der Waals surface area contributed by atoms with Gasteiger partial charge in [0, 0.05) is 6.07 Å². The molecule has 100 valence electrons. The molecule has 2 N–H and O–H groups in total. The van der Waals surface area contributed by atoms with Crippen molar-refractivity contribution < 1.29 is 4.74 Å². The number of hydrogen-bond acceptors (Lipinski definition) is 6. The molecule has 6 nitrogen and oxygen atoms in total. The third-order valence-corrected chi connectivity index (χ3v) is 2.90. The molecular formula is C13H11N5OS. The van der Waals surface area contributed by atoms with E-state index in [2.05, 4.69) is 15.1 Å². The van der Waals surface area contributed by atoms with Crippen LogP contribution in [0.1, 0.15) is 5.69 Å². The second-order valence-corrected chi connectivity index (χ2v) is 4.52. The van der Waals surface area contributed by atoms with E-state index in [0.717, 1.165) is 0 Å². The SMILES string of the molecule is Cc1nn2c(=S)nc(N)cc2nc1Oc1ccccc1. The van der Waals surface area contributed by atoms with Crippen LogP contribution in [-0.4, -0.2) is 19.6 Å². The van der Waals surface area contributed by atoms with E-state index in [9.17, 15) is 0 Å². The maximum atomic E-state index is 5.71. The standard InChI is InChI=1S/C13H11N5OS/c1-8-12(19-9-5-3-2-4-6-9)16-11-7-10(14)15-13(20)18(11)17-8/h2-7H,1H3,(H2,14,15,20). The van der Waals surface area contributed by atoms with Gasteiger partial charge in [0.15, 0.2) is 5.65 Å². The number of nitrogens with two attached hydrogens (primary N) is 1. The summed E-state index contributed by atoms with van der Waals surface area (Å²) < 4.78 is 7.44. The van der Waals surface area contributed by atoms with E-state index in [1.807, 2.05) is 30.3 Å². The Kier molecular flexibility index (Phi) is 3.03. The molecule has 0 saturated carbocycles. The Hall–Kier alpha value is -2.54. The molecule has 2 heterocycles. The molecular weight excluding hydrogens is 274 g/mol. The van der Waals surface area contributed by atoms with E-state index in [-0.39, 0.29) is 4.77 Å². The van der Waals surface area contributed by atoms with Crippen molar-refractivity contribution in [2.45, 2.75) is 6.92 Å². The number of rotatable bonds is 2. The summed E-state index contributed by atoms with van der Waals surface area (Å²) in [6.45, 7) is 1.79. The number of nitrogens with zero attached hydrogens (tertiary/aromatic N) is 4. The fourth-order valence-corrected chi connectivity index (χ4v) is 1.97. The van der Waals surface area contributed by atoms with Crippen molar-refractivity contribution in [2.24, 2.45) is 0 Å². The summed E-state index contributed by atoms with van der Waals surface area (Å²) in [5.41, 5.74) is 6.78. The average Bonchev–Trinajstić information content (AvgIpc) is 2.42. The van der Waals surface area contributed by atoms with Crippen molar-refractivity contribution in [3.8, 4) is 11.6 Å². The minimum atomic E-state index is 0.266. The number of hydrogen-bond donors (Lipinski definition) is 1. The van der Waals surface area contributed by atoms with Crippen LogP contribution in [0.2, 0.25) is 0 Å². The van der Waals surface area contributed by atoms with Gasteiger partial charge in [0.25, 0.3) is 0 Å². The van der Waals surface area contributed by atoms with Crippen molar-refractivity contribution in [1.29, 1.82) is 0 Å². The van der Waals surface area contributed by atoms with Crippen molar-refractivity contribution in [3.05, 3.63) is 46.9 Å². The highest BCUT2D eigenvalue weighted by atomic mass is 32.1. The molecule has 7 heteroatoms. The fraction of sp³-hybridized carbons (Fsp3) is 0.0769. The van der Waals surface area contributed by atoms with Gasteiger partial charge in [0.05, 0.1) is 0 Å². The predicted octanol–water partition coefficient (Wildman–Crippen LogP) is 2.54. The number of aromatic nitrogens is 4. The van der Waals surface area contributed by atoms with Gasteiger partial charge >= 0.3 is 0 Å². The van der Waals surface area contributed by atoms with Crippen molar-refractivity contribution >= 4 is 23.7 Å². The van der Waals surface area contributed by atoms with Gasteiger partial charge in [-0.25, -0.2) is 4.98 Å². The van der Waals surface area contributed by atoms with Crippen LogP contribution in [0, 0.1) is 11.7 Å². The Morgan fingerprint density at radius 3 is 2.70 bits per heavy atom. The summed E-state index contributed by atoms with van der Waals surface area (Å²) >= 11 is 5.10. The molecule has 20 heavy (non-hydrogen) atoms. The van der Waals surface area contributed by atoms with Crippen molar-refractivity contribution in [1.82, 2.24) is 19.6 Å². The highest BCUT2D eigenvalue weighted by Crippen LogP contribution is 2.21. The Balaban J connectivity index is 2.12. The van der Waals surface area contributed by atoms with Crippen molar-refractivity contribution in [3.63, 3.8) is 0 Å². The van der Waals surface area contributed by atoms with E-state index >= 15 is 0 Å². The maximum absolute atomic E-state index is 5.71. The third-order valence-electron chi connectivity index (χ3n) is 2.63. The number of ether oxygens (including phenoxy) is 1. The quantitative estimate of drug-likeness (QED) is 0.729. The summed E-state index contributed by atoms with van der Waals surface area (Å²) in [5.74, 6) is 1.41. The normalized spacial score (nSPS) is 10.7. The maximum Gasteiger partial charge on any atom is 0.244 e. The van der Waals surface area contributed by atoms with Crippen LogP contribution < -0.4 is 10.5 Å². The smallest absolute Gasteiger partial charge is 0.244 e. The van der Waals surface area contributed by atoms with E-state index < -0.39 is 0 Å². The molecule has 0 aliphatic rings. The van der Waals surface area contributed by atoms with Crippen LogP contribution in [0.3, 0.4) is 0 Å². The number of anilines is 1. The number of nitrogen functional groups attached to an aromatic ring is 1. The predicted molar refractivity (Wildman–Crippen MR) is 77.3 cm³/mol. The van der Waals surface area contributed by atoms with Crippen LogP contribution >= 0.6 is 12.2 Å². The zero-order chi connectivity index (χ0) is 14.1. The Labute approximate surface area is 119 Å². The molecule has 0 radical (unpaired) electrons. The zero-order valence-corrected chi connectivity index (χ0v) is 11.5. The molecule has 0 aliphatic heterocycles. The molecule has 0 aliphatic carbocycles. The molecule has 3 aromatic rings. The van der Waals surface area contributed by atoms with E-state index in [1.165, 1.54) is 4.52 Å². The van der Waals surface area contributed by atoms with Gasteiger partial charge in [-0.15, -0.1) is 0 Å². The van der Waals surface area contributed by atoms with Crippen LogP contribution in [-0.2, 0) is 0 Å². The molecule has 3 rings (SSSR count). The van der Waals surface area contributed by atoms with E-state index in [1.54, 1.807) is 13.0 Å². The van der Waals surface area contributed by atoms with E-state index in [0.29, 0.717) is 28.8 Å². The summed E-state index contributed by atoms with van der Waals surface area (Å²) in [4.78, 5) is 8.35. The van der Waals surface area contributed by atoms with Gasteiger partial charge < -0.3 is 10.5 Å². The lowest BCUT2D eigenvalue weighted by Gasteiger charge is -2.09. The Morgan fingerprint density at radius 2 is 1.95 bits per heavy atom. The first-order chi connectivity index (χ1) is 9.63. The van der Waals surface area contributed by atoms with Crippen molar-refractivity contribution in [2.75, 3.05) is 5.73 Å². The number of fused-ring (bicyclic) bond motifs is 1. The second-order valence-electron chi connectivity index (χ2n) is 4.15. The van der Waals surface area contributed by atoms with Gasteiger partial charge in [0.2, 0.25) is 10.7 Å². The summed E-state index contributed by atoms with van der Waals surface area (Å²) in [5, 5.41) is 4.32. The Bertz CT molecular complexity index is 831. The first-order valence-electron chi connectivity index (χ1n) is 5.90. The molecule has 1 aromatic carbocycles. The first-order valence-corrected chi connectivity index (χ1v) is 6.31. The second kappa shape index (κ2) is 4.86. The monoisotopic (exact) mass is 285 g/mol. The third kappa shape index (κ3) is 2.30. The van der Waals surface area contributed by atoms with Crippen LogP contribution in [0.4, 0.5) is 5.82 Å². The van der Waals surface area contributed by atoms with Crippen LogP contribution in [0.15, 0.2) is 36.4 Å². The van der Waals surface area contributed by atoms with Gasteiger partial charge in [-0.1, -0.05) is 18.2 Å². The molecule has 0 saturated heterocycles. The fourth-order valence-electron chi connectivity index (χ4n) is 1.73. The van der Waals surface area contributed by atoms with Gasteiger partial charge in [-0.2, -0.15) is 14.6 Å². The molecule has 0 bridgehead atoms. The molecule has 0 fully saturated rings. The topological polar surface area (TPSA) is 78.3 Å². The minimum absolute atomic E-state index is 0.266. The molecule has 0 amide bonds. The summed E-state index contributed by atoms with van der Waals surface area (Å²) in [7, 11) is 0. The largest absolute Gasteiger partial charge is 0.437 e. The minimum Gasteiger partial charge on any atom is -0.437 e. The number of aryl methyl sites for hydroxylation is 1. The number of benzene rings is 1. The molecule has 0 unspecified atom stereocenters. The lowest BCUT2D eigenvalue weighted by atomic mass is 10.3. The summed E-state index contributed by atoms with van der Waals surface area (Å²) in [6, 6.07) is 11.0. The summed E-state index contributed by atoms with van der Waals surface area (Å²) in [6.07, 6.45) is 0. The van der Waals surface area contributed by atoms with Crippen LogP contribution in [0.25, 0.3) is 5.65 Å². The lowest BCUT2D eigenvalue weighted by molar-refractivity contribution is 0.452. The van der Waals surface area contributed by atoms with Gasteiger partial charge in [-0.3, -0.25) is 0 Å². The van der Waals surface area contributed by atoms with Crippen LogP contribution in [0.5, 0.6) is 11.6 Å². The zero-order valence-electron chi connectivity index (χ0n) is 10.6. The molecule has 0 atom stereocenters. The Morgan fingerprint density at radius 1 is 1.20 bits per heavy atom. The first kappa shape index (κ1) is 12.5. The van der Waals surface area contributed by atoms with E-state index in [4.69, 9.17) is 22.7 Å². The molecule has 2 aromatic heterocycles. The number of para-hydroxylation sites is 1. The molecule has 0 spiro atoms.